The van der Waals surface area contributed by atoms with Crippen molar-refractivity contribution in [1.82, 2.24) is 5.01 Å². The Kier molecular flexibility index (Phi) is 3.34. The van der Waals surface area contributed by atoms with E-state index in [4.69, 9.17) is 16.3 Å². The first-order chi connectivity index (χ1) is 7.65. The molecule has 2 rings (SSSR count). The summed E-state index contributed by atoms with van der Waals surface area (Å²) < 4.78 is 5.79. The van der Waals surface area contributed by atoms with Gasteiger partial charge in [-0.2, -0.15) is 5.10 Å². The van der Waals surface area contributed by atoms with E-state index in [2.05, 4.69) is 5.10 Å². The lowest BCUT2D eigenvalue weighted by Gasteiger charge is -2.14. The maximum absolute atomic E-state index is 5.89. The summed E-state index contributed by atoms with van der Waals surface area (Å²) >= 11 is 5.89. The summed E-state index contributed by atoms with van der Waals surface area (Å²) in [6, 6.07) is 7.44. The average Bonchev–Trinajstić information content (AvgIpc) is 2.65. The number of hydrogen-bond donors (Lipinski definition) is 0. The van der Waals surface area contributed by atoms with Gasteiger partial charge in [-0.3, -0.25) is 5.01 Å². The third kappa shape index (κ3) is 2.67. The Labute approximate surface area is 101 Å². The van der Waals surface area contributed by atoms with Crippen LogP contribution in [-0.4, -0.2) is 30.4 Å². The Morgan fingerprint density at radius 3 is 2.94 bits per heavy atom. The quantitative estimate of drug-likeness (QED) is 0.809. The minimum Gasteiger partial charge on any atom is -0.485 e. The number of rotatable bonds is 3. The van der Waals surface area contributed by atoms with Gasteiger partial charge in [0.25, 0.3) is 0 Å². The second-order valence-electron chi connectivity index (χ2n) is 3.94. The van der Waals surface area contributed by atoms with E-state index >= 15 is 0 Å². The maximum Gasteiger partial charge on any atom is 0.136 e. The number of hydrogen-bond acceptors (Lipinski definition) is 3. The van der Waals surface area contributed by atoms with E-state index in [0.29, 0.717) is 5.02 Å². The fraction of sp³-hybridized carbons (Fsp3) is 0.417. The second-order valence-corrected chi connectivity index (χ2v) is 4.38. The first-order valence-corrected chi connectivity index (χ1v) is 5.73. The van der Waals surface area contributed by atoms with Gasteiger partial charge in [0.2, 0.25) is 0 Å². The molecule has 3 nitrogen and oxygen atoms in total. The molecule has 0 N–H and O–H groups in total. The standard InChI is InChI=1S/C12H15ClN2O/c1-9(12-6-7-15(2)14-12)16-11-5-3-4-10(13)8-11/h3-5,8-9H,6-7H2,1-2H3. The normalized spacial score (nSPS) is 17.2. The van der Waals surface area contributed by atoms with E-state index in [1.807, 2.05) is 43.2 Å². The second kappa shape index (κ2) is 4.74. The van der Waals surface area contributed by atoms with Gasteiger partial charge in [0.05, 0.1) is 5.71 Å². The number of halogens is 1. The maximum atomic E-state index is 5.89. The lowest BCUT2D eigenvalue weighted by atomic mass is 10.2. The van der Waals surface area contributed by atoms with Gasteiger partial charge >= 0.3 is 0 Å². The third-order valence-corrected chi connectivity index (χ3v) is 2.80. The van der Waals surface area contributed by atoms with Gasteiger partial charge in [-0.25, -0.2) is 0 Å². The Morgan fingerprint density at radius 1 is 1.50 bits per heavy atom. The molecule has 0 aromatic heterocycles. The van der Waals surface area contributed by atoms with Crippen LogP contribution in [0.1, 0.15) is 13.3 Å². The largest absolute Gasteiger partial charge is 0.485 e. The Balaban J connectivity index is 2.02. The summed E-state index contributed by atoms with van der Waals surface area (Å²) in [6.07, 6.45) is 0.974. The zero-order valence-electron chi connectivity index (χ0n) is 9.48. The zero-order chi connectivity index (χ0) is 11.5. The SMILES string of the molecule is CC(Oc1cccc(Cl)c1)C1=NN(C)CC1. The van der Waals surface area contributed by atoms with Crippen LogP contribution in [0.15, 0.2) is 29.4 Å². The van der Waals surface area contributed by atoms with Crippen LogP contribution in [0.2, 0.25) is 5.02 Å². The Bertz CT molecular complexity index is 406. The molecule has 1 aromatic rings. The van der Waals surface area contributed by atoms with Crippen molar-refractivity contribution in [2.24, 2.45) is 5.10 Å². The molecule has 16 heavy (non-hydrogen) atoms. The number of hydrazone groups is 1. The van der Waals surface area contributed by atoms with E-state index in [-0.39, 0.29) is 6.10 Å². The molecule has 0 spiro atoms. The molecule has 1 aliphatic heterocycles. The van der Waals surface area contributed by atoms with Crippen molar-refractivity contribution < 1.29 is 4.74 Å². The molecule has 0 saturated carbocycles. The monoisotopic (exact) mass is 238 g/mol. The summed E-state index contributed by atoms with van der Waals surface area (Å²) in [5.41, 5.74) is 1.09. The molecule has 1 unspecified atom stereocenters. The van der Waals surface area contributed by atoms with Crippen molar-refractivity contribution in [2.45, 2.75) is 19.4 Å². The van der Waals surface area contributed by atoms with E-state index in [0.717, 1.165) is 24.4 Å². The fourth-order valence-corrected chi connectivity index (χ4v) is 1.87. The van der Waals surface area contributed by atoms with Crippen LogP contribution in [0.25, 0.3) is 0 Å². The highest BCUT2D eigenvalue weighted by Crippen LogP contribution is 2.19. The topological polar surface area (TPSA) is 24.8 Å². The molecule has 86 valence electrons. The summed E-state index contributed by atoms with van der Waals surface area (Å²) in [5.74, 6) is 0.789. The number of benzene rings is 1. The molecular weight excluding hydrogens is 224 g/mol. The van der Waals surface area contributed by atoms with Crippen molar-refractivity contribution in [1.29, 1.82) is 0 Å². The zero-order valence-corrected chi connectivity index (χ0v) is 10.2. The van der Waals surface area contributed by atoms with Gasteiger partial charge in [0.1, 0.15) is 11.9 Å². The molecule has 1 atom stereocenters. The molecule has 1 aromatic carbocycles. The van der Waals surface area contributed by atoms with Gasteiger partial charge < -0.3 is 4.74 Å². The smallest absolute Gasteiger partial charge is 0.136 e. The van der Waals surface area contributed by atoms with Gasteiger partial charge in [-0.1, -0.05) is 17.7 Å². The van der Waals surface area contributed by atoms with Gasteiger partial charge in [0, 0.05) is 25.0 Å². The van der Waals surface area contributed by atoms with E-state index < -0.39 is 0 Å². The van der Waals surface area contributed by atoms with Crippen LogP contribution >= 0.6 is 11.6 Å². The minimum absolute atomic E-state index is 0.00316. The van der Waals surface area contributed by atoms with Crippen molar-refractivity contribution in [3.63, 3.8) is 0 Å². The summed E-state index contributed by atoms with van der Waals surface area (Å²) in [7, 11) is 1.97. The van der Waals surface area contributed by atoms with Gasteiger partial charge in [0.15, 0.2) is 0 Å². The first kappa shape index (κ1) is 11.3. The highest BCUT2D eigenvalue weighted by atomic mass is 35.5. The minimum atomic E-state index is 0.00316. The number of nitrogens with zero attached hydrogens (tertiary/aromatic N) is 2. The molecule has 0 aliphatic carbocycles. The van der Waals surface area contributed by atoms with Crippen LogP contribution in [-0.2, 0) is 0 Å². The number of ether oxygens (including phenoxy) is 1. The van der Waals surface area contributed by atoms with Crippen LogP contribution < -0.4 is 4.74 Å². The highest BCUT2D eigenvalue weighted by Gasteiger charge is 2.18. The predicted molar refractivity (Wildman–Crippen MR) is 66.2 cm³/mol. The molecular formula is C12H15ClN2O. The van der Waals surface area contributed by atoms with Crippen LogP contribution in [0.3, 0.4) is 0 Å². The van der Waals surface area contributed by atoms with Crippen molar-refractivity contribution >= 4 is 17.3 Å². The van der Waals surface area contributed by atoms with Gasteiger partial charge in [-0.15, -0.1) is 0 Å². The third-order valence-electron chi connectivity index (χ3n) is 2.57. The molecule has 1 aliphatic rings. The van der Waals surface area contributed by atoms with E-state index in [1.54, 1.807) is 0 Å². The lowest BCUT2D eigenvalue weighted by molar-refractivity contribution is 0.285. The van der Waals surface area contributed by atoms with Gasteiger partial charge in [-0.05, 0) is 25.1 Å². The van der Waals surface area contributed by atoms with Crippen LogP contribution in [0, 0.1) is 0 Å². The Hall–Kier alpha value is -1.22. The van der Waals surface area contributed by atoms with Crippen molar-refractivity contribution in [3.8, 4) is 5.75 Å². The van der Waals surface area contributed by atoms with Crippen LogP contribution in [0.4, 0.5) is 0 Å². The first-order valence-electron chi connectivity index (χ1n) is 5.36. The molecule has 0 amide bonds. The van der Waals surface area contributed by atoms with Crippen LogP contribution in [0.5, 0.6) is 5.75 Å². The lowest BCUT2D eigenvalue weighted by Crippen LogP contribution is -2.22. The molecule has 0 fully saturated rings. The predicted octanol–water partition coefficient (Wildman–Crippen LogP) is 2.80. The van der Waals surface area contributed by atoms with E-state index in [9.17, 15) is 0 Å². The Morgan fingerprint density at radius 2 is 2.31 bits per heavy atom. The average molecular weight is 239 g/mol. The molecule has 0 saturated heterocycles. The summed E-state index contributed by atoms with van der Waals surface area (Å²) in [4.78, 5) is 0. The fourth-order valence-electron chi connectivity index (χ4n) is 1.69. The van der Waals surface area contributed by atoms with Crippen molar-refractivity contribution in [2.75, 3.05) is 13.6 Å². The van der Waals surface area contributed by atoms with E-state index in [1.165, 1.54) is 0 Å². The summed E-state index contributed by atoms with van der Waals surface area (Å²) in [6.45, 7) is 2.98. The molecule has 0 radical (unpaired) electrons. The molecule has 4 heteroatoms. The molecule has 0 bridgehead atoms. The van der Waals surface area contributed by atoms with Crippen molar-refractivity contribution in [3.05, 3.63) is 29.3 Å². The highest BCUT2D eigenvalue weighted by molar-refractivity contribution is 6.30. The molecule has 1 heterocycles. The summed E-state index contributed by atoms with van der Waals surface area (Å²) in [5, 5.41) is 7.03.